The second kappa shape index (κ2) is 13.3. The van der Waals surface area contributed by atoms with Crippen LogP contribution in [0.2, 0.25) is 0 Å². The minimum absolute atomic E-state index is 1.08. The first-order valence-corrected chi connectivity index (χ1v) is 16.6. The topological polar surface area (TPSA) is 6.48 Å². The zero-order valence-corrected chi connectivity index (χ0v) is 26.7. The summed E-state index contributed by atoms with van der Waals surface area (Å²) in [6, 6.07) is 57.7. The minimum Gasteiger partial charge on any atom is -0.309 e. The van der Waals surface area contributed by atoms with Crippen LogP contribution in [0.25, 0.3) is 21.5 Å². The van der Waals surface area contributed by atoms with Crippen molar-refractivity contribution in [1.82, 2.24) is 0 Å². The predicted octanol–water partition coefficient (Wildman–Crippen LogP) is 12.8. The summed E-state index contributed by atoms with van der Waals surface area (Å²) in [5.74, 6) is 0. The Kier molecular flexibility index (Phi) is 8.52. The Hall–Kier alpha value is -5.34. The van der Waals surface area contributed by atoms with Crippen molar-refractivity contribution in [2.24, 2.45) is 0 Å². The molecule has 0 aliphatic carbocycles. The standard InChI is InChI=1S/C44H40N2/c1-3-15-33-25-29-37(30-26-33)45(35-17-7-5-8-18-35)43-39-21-11-13-23-41(39)44(42-24-14-12-22-40(42)43)46(36-19-9-6-10-20-36)38-31-27-34(16-4-2)28-32-38/h5-14,17-32H,3-4,15-16H2,1-2H3. The number of rotatable bonds is 10. The fourth-order valence-electron chi connectivity index (χ4n) is 6.73. The molecule has 0 aliphatic rings. The number of fused-ring (bicyclic) bond motifs is 2. The van der Waals surface area contributed by atoms with Gasteiger partial charge in [-0.3, -0.25) is 0 Å². The van der Waals surface area contributed by atoms with Crippen LogP contribution in [0.1, 0.15) is 37.8 Å². The van der Waals surface area contributed by atoms with Crippen molar-refractivity contribution in [3.8, 4) is 0 Å². The molecule has 226 valence electrons. The molecule has 46 heavy (non-hydrogen) atoms. The van der Waals surface area contributed by atoms with Crippen LogP contribution in [0.5, 0.6) is 0 Å². The van der Waals surface area contributed by atoms with Crippen LogP contribution in [-0.2, 0) is 12.8 Å². The normalized spacial score (nSPS) is 11.2. The molecule has 0 fully saturated rings. The summed E-state index contributed by atoms with van der Waals surface area (Å²) in [4.78, 5) is 4.88. The highest BCUT2D eigenvalue weighted by atomic mass is 15.2. The van der Waals surface area contributed by atoms with Crippen LogP contribution in [0.4, 0.5) is 34.1 Å². The number of anilines is 6. The summed E-state index contributed by atoms with van der Waals surface area (Å²) >= 11 is 0. The quantitative estimate of drug-likeness (QED) is 0.114. The molecule has 0 N–H and O–H groups in total. The van der Waals surface area contributed by atoms with E-state index in [0.717, 1.165) is 48.4 Å². The maximum absolute atomic E-state index is 2.44. The van der Waals surface area contributed by atoms with Crippen molar-refractivity contribution >= 4 is 55.7 Å². The van der Waals surface area contributed by atoms with E-state index in [1.54, 1.807) is 0 Å². The van der Waals surface area contributed by atoms with Crippen LogP contribution < -0.4 is 9.80 Å². The third-order valence-electron chi connectivity index (χ3n) is 8.82. The van der Waals surface area contributed by atoms with Crippen molar-refractivity contribution in [3.05, 3.63) is 169 Å². The van der Waals surface area contributed by atoms with Gasteiger partial charge in [0, 0.05) is 44.3 Å². The minimum atomic E-state index is 1.08. The molecule has 0 radical (unpaired) electrons. The molecule has 7 aromatic carbocycles. The molecule has 0 saturated carbocycles. The molecule has 0 bridgehead atoms. The molecule has 7 aromatic rings. The Morgan fingerprint density at radius 2 is 0.609 bits per heavy atom. The molecule has 0 unspecified atom stereocenters. The van der Waals surface area contributed by atoms with Gasteiger partial charge >= 0.3 is 0 Å². The van der Waals surface area contributed by atoms with E-state index in [2.05, 4.69) is 181 Å². The number of benzene rings is 7. The number of hydrogen-bond acceptors (Lipinski definition) is 2. The summed E-state index contributed by atoms with van der Waals surface area (Å²) < 4.78 is 0. The average molecular weight is 597 g/mol. The molecule has 0 heterocycles. The Morgan fingerprint density at radius 1 is 0.326 bits per heavy atom. The lowest BCUT2D eigenvalue weighted by Gasteiger charge is -2.33. The van der Waals surface area contributed by atoms with Crippen molar-refractivity contribution < 1.29 is 0 Å². The summed E-state index contributed by atoms with van der Waals surface area (Å²) in [6.07, 6.45) is 4.44. The van der Waals surface area contributed by atoms with Gasteiger partial charge in [0.2, 0.25) is 0 Å². The average Bonchev–Trinajstić information content (AvgIpc) is 3.12. The molecule has 0 amide bonds. The van der Waals surface area contributed by atoms with E-state index in [9.17, 15) is 0 Å². The van der Waals surface area contributed by atoms with Gasteiger partial charge < -0.3 is 9.80 Å². The zero-order valence-electron chi connectivity index (χ0n) is 26.7. The van der Waals surface area contributed by atoms with Gasteiger partial charge in [0.25, 0.3) is 0 Å². The van der Waals surface area contributed by atoms with E-state index < -0.39 is 0 Å². The summed E-state index contributed by atoms with van der Waals surface area (Å²) in [7, 11) is 0. The fraction of sp³-hybridized carbons (Fsp3) is 0.136. The molecule has 0 aromatic heterocycles. The van der Waals surface area contributed by atoms with Gasteiger partial charge in [0.15, 0.2) is 0 Å². The number of aryl methyl sites for hydroxylation is 2. The maximum atomic E-state index is 2.44. The van der Waals surface area contributed by atoms with Gasteiger partial charge in [-0.25, -0.2) is 0 Å². The lowest BCUT2D eigenvalue weighted by atomic mass is 9.95. The highest BCUT2D eigenvalue weighted by Crippen LogP contribution is 2.50. The third kappa shape index (κ3) is 5.63. The van der Waals surface area contributed by atoms with E-state index >= 15 is 0 Å². The van der Waals surface area contributed by atoms with Gasteiger partial charge in [0.05, 0.1) is 11.4 Å². The molecule has 0 saturated heterocycles. The lowest BCUT2D eigenvalue weighted by Crippen LogP contribution is -2.14. The van der Waals surface area contributed by atoms with Crippen LogP contribution in [0.3, 0.4) is 0 Å². The van der Waals surface area contributed by atoms with Crippen molar-refractivity contribution in [2.75, 3.05) is 9.80 Å². The van der Waals surface area contributed by atoms with Crippen LogP contribution in [0.15, 0.2) is 158 Å². The van der Waals surface area contributed by atoms with E-state index in [4.69, 9.17) is 0 Å². The molecule has 2 nitrogen and oxygen atoms in total. The number of hydrogen-bond donors (Lipinski definition) is 0. The van der Waals surface area contributed by atoms with Crippen LogP contribution in [-0.4, -0.2) is 0 Å². The Labute approximate surface area is 273 Å². The highest BCUT2D eigenvalue weighted by molar-refractivity contribution is 6.23. The van der Waals surface area contributed by atoms with E-state index in [1.165, 1.54) is 44.0 Å². The first-order chi connectivity index (χ1) is 22.8. The largest absolute Gasteiger partial charge is 0.309 e. The Bertz CT molecular complexity index is 1840. The van der Waals surface area contributed by atoms with E-state index in [0.29, 0.717) is 0 Å². The summed E-state index contributed by atoms with van der Waals surface area (Å²) in [5.41, 5.74) is 9.70. The predicted molar refractivity (Wildman–Crippen MR) is 199 cm³/mol. The molecule has 7 rings (SSSR count). The van der Waals surface area contributed by atoms with Gasteiger partial charge in [-0.05, 0) is 72.5 Å². The van der Waals surface area contributed by atoms with Gasteiger partial charge in [0.1, 0.15) is 0 Å². The van der Waals surface area contributed by atoms with E-state index in [1.807, 2.05) is 0 Å². The smallest absolute Gasteiger partial charge is 0.0619 e. The zero-order chi connectivity index (χ0) is 31.3. The first kappa shape index (κ1) is 29.4. The summed E-state index contributed by atoms with van der Waals surface area (Å²) in [6.45, 7) is 4.48. The molecular formula is C44H40N2. The molecular weight excluding hydrogens is 556 g/mol. The van der Waals surface area contributed by atoms with Crippen molar-refractivity contribution in [1.29, 1.82) is 0 Å². The van der Waals surface area contributed by atoms with Crippen molar-refractivity contribution in [3.63, 3.8) is 0 Å². The second-order valence-corrected chi connectivity index (χ2v) is 12.0. The Balaban J connectivity index is 1.54. The van der Waals surface area contributed by atoms with E-state index in [-0.39, 0.29) is 0 Å². The third-order valence-corrected chi connectivity index (χ3v) is 8.82. The van der Waals surface area contributed by atoms with Crippen LogP contribution in [0, 0.1) is 0 Å². The van der Waals surface area contributed by atoms with Gasteiger partial charge in [-0.2, -0.15) is 0 Å². The Morgan fingerprint density at radius 3 is 0.913 bits per heavy atom. The second-order valence-electron chi connectivity index (χ2n) is 12.0. The maximum Gasteiger partial charge on any atom is 0.0619 e. The number of nitrogens with zero attached hydrogens (tertiary/aromatic N) is 2. The fourth-order valence-corrected chi connectivity index (χ4v) is 6.73. The molecule has 0 aliphatic heterocycles. The number of para-hydroxylation sites is 2. The first-order valence-electron chi connectivity index (χ1n) is 16.6. The van der Waals surface area contributed by atoms with Gasteiger partial charge in [-0.15, -0.1) is 0 Å². The summed E-state index contributed by atoms with van der Waals surface area (Å²) in [5, 5.41) is 4.84. The lowest BCUT2D eigenvalue weighted by molar-refractivity contribution is 0.922. The monoisotopic (exact) mass is 596 g/mol. The molecule has 2 heteroatoms. The molecule has 0 atom stereocenters. The van der Waals surface area contributed by atoms with Gasteiger partial charge in [-0.1, -0.05) is 136 Å². The van der Waals surface area contributed by atoms with Crippen molar-refractivity contribution in [2.45, 2.75) is 39.5 Å². The molecule has 0 spiro atoms. The SMILES string of the molecule is CCCc1ccc(N(c2ccccc2)c2c3ccccc3c(N(c3ccccc3)c3ccc(CCC)cc3)c3ccccc23)cc1. The van der Waals surface area contributed by atoms with Crippen LogP contribution >= 0.6 is 0 Å². The highest BCUT2D eigenvalue weighted by Gasteiger charge is 2.25.